The molecule has 1 amide bonds. The van der Waals surface area contributed by atoms with Gasteiger partial charge < -0.3 is 10.2 Å². The lowest BCUT2D eigenvalue weighted by molar-refractivity contribution is -0.384. The van der Waals surface area contributed by atoms with Gasteiger partial charge in [0.25, 0.3) is 11.6 Å². The third-order valence-electron chi connectivity index (χ3n) is 4.71. The van der Waals surface area contributed by atoms with Gasteiger partial charge >= 0.3 is 0 Å². The fourth-order valence-electron chi connectivity index (χ4n) is 3.32. The molecule has 2 aromatic heterocycles. The maximum absolute atomic E-state index is 12.6. The number of rotatable bonds is 5. The summed E-state index contributed by atoms with van der Waals surface area (Å²) in [6, 6.07) is 10.4. The molecule has 0 spiro atoms. The molecule has 0 aliphatic carbocycles. The molecule has 4 rings (SSSR count). The van der Waals surface area contributed by atoms with Gasteiger partial charge in [-0.15, -0.1) is 11.3 Å². The highest BCUT2D eigenvalue weighted by Crippen LogP contribution is 2.32. The van der Waals surface area contributed by atoms with Gasteiger partial charge in [0.2, 0.25) is 0 Å². The summed E-state index contributed by atoms with van der Waals surface area (Å²) < 4.78 is 0. The van der Waals surface area contributed by atoms with Crippen molar-refractivity contribution in [2.75, 3.05) is 23.3 Å². The van der Waals surface area contributed by atoms with E-state index in [9.17, 15) is 14.9 Å². The number of nitrogens with one attached hydrogen (secondary N) is 2. The number of nitro benzene ring substituents is 1. The third kappa shape index (κ3) is 3.61. The standard InChI is InChI=1S/C19H19N5O3S/c1-12-4-7-17(28-12)14-11-18(22-21-14)20-19(25)13-5-6-15(16(10-13)24(26)27)23-8-2-3-9-23/h4-7,10-11H,2-3,8-9H2,1H3,(H2,20,21,22,25). The van der Waals surface area contributed by atoms with Crippen LogP contribution in [0, 0.1) is 17.0 Å². The van der Waals surface area contributed by atoms with Crippen LogP contribution in [0.2, 0.25) is 0 Å². The second kappa shape index (κ2) is 7.43. The number of aromatic nitrogens is 2. The molecule has 1 aromatic carbocycles. The number of nitro groups is 1. The molecular formula is C19H19N5O3S. The smallest absolute Gasteiger partial charge is 0.293 e. The fraction of sp³-hybridized carbons (Fsp3) is 0.263. The number of carbonyl (C=O) groups excluding carboxylic acids is 1. The highest BCUT2D eigenvalue weighted by Gasteiger charge is 2.24. The maximum atomic E-state index is 12.6. The summed E-state index contributed by atoms with van der Waals surface area (Å²) in [7, 11) is 0. The van der Waals surface area contributed by atoms with Crippen LogP contribution in [-0.4, -0.2) is 34.1 Å². The largest absolute Gasteiger partial charge is 0.366 e. The number of carbonyl (C=O) groups is 1. The number of anilines is 2. The molecule has 0 radical (unpaired) electrons. The van der Waals surface area contributed by atoms with Gasteiger partial charge in [0.05, 0.1) is 15.5 Å². The summed E-state index contributed by atoms with van der Waals surface area (Å²) in [5, 5.41) is 21.2. The van der Waals surface area contributed by atoms with Gasteiger partial charge in [0.15, 0.2) is 5.82 Å². The van der Waals surface area contributed by atoms with E-state index in [2.05, 4.69) is 15.5 Å². The van der Waals surface area contributed by atoms with Crippen molar-refractivity contribution >= 4 is 34.4 Å². The van der Waals surface area contributed by atoms with Gasteiger partial charge in [-0.1, -0.05) is 0 Å². The normalized spacial score (nSPS) is 13.7. The zero-order valence-electron chi connectivity index (χ0n) is 15.3. The predicted molar refractivity (Wildman–Crippen MR) is 109 cm³/mol. The monoisotopic (exact) mass is 397 g/mol. The minimum absolute atomic E-state index is 0.0497. The molecule has 1 saturated heterocycles. The molecule has 3 aromatic rings. The lowest BCUT2D eigenvalue weighted by Gasteiger charge is -2.17. The molecule has 2 N–H and O–H groups in total. The molecule has 1 aliphatic heterocycles. The molecular weight excluding hydrogens is 378 g/mol. The van der Waals surface area contributed by atoms with E-state index in [1.807, 2.05) is 24.0 Å². The van der Waals surface area contributed by atoms with Crippen LogP contribution in [0.5, 0.6) is 0 Å². The van der Waals surface area contributed by atoms with Crippen molar-refractivity contribution in [3.63, 3.8) is 0 Å². The van der Waals surface area contributed by atoms with E-state index in [-0.39, 0.29) is 11.3 Å². The van der Waals surface area contributed by atoms with Crippen LogP contribution in [-0.2, 0) is 0 Å². The topological polar surface area (TPSA) is 104 Å². The van der Waals surface area contributed by atoms with E-state index >= 15 is 0 Å². The number of thiophene rings is 1. The number of benzene rings is 1. The van der Waals surface area contributed by atoms with Crippen molar-refractivity contribution in [1.29, 1.82) is 0 Å². The number of aromatic amines is 1. The van der Waals surface area contributed by atoms with Gasteiger partial charge in [0.1, 0.15) is 5.69 Å². The molecule has 1 aliphatic rings. The number of aryl methyl sites for hydroxylation is 1. The summed E-state index contributed by atoms with van der Waals surface area (Å²) in [5.74, 6) is -0.0613. The van der Waals surface area contributed by atoms with Gasteiger partial charge in [-0.3, -0.25) is 20.0 Å². The van der Waals surface area contributed by atoms with Crippen LogP contribution >= 0.6 is 11.3 Å². The number of amides is 1. The predicted octanol–water partition coefficient (Wildman–Crippen LogP) is 4.21. The highest BCUT2D eigenvalue weighted by atomic mass is 32.1. The number of H-pyrrole nitrogens is 1. The molecule has 1 fully saturated rings. The Balaban J connectivity index is 1.54. The van der Waals surface area contributed by atoms with Crippen LogP contribution in [0.3, 0.4) is 0 Å². The highest BCUT2D eigenvalue weighted by molar-refractivity contribution is 7.15. The van der Waals surface area contributed by atoms with Crippen molar-refractivity contribution in [2.24, 2.45) is 0 Å². The van der Waals surface area contributed by atoms with E-state index in [0.717, 1.165) is 36.5 Å². The average Bonchev–Trinajstić information content (AvgIpc) is 3.42. The molecule has 0 bridgehead atoms. The molecule has 8 nitrogen and oxygen atoms in total. The van der Waals surface area contributed by atoms with Crippen molar-refractivity contribution in [3.8, 4) is 10.6 Å². The zero-order chi connectivity index (χ0) is 19.7. The first-order valence-corrected chi connectivity index (χ1v) is 9.80. The van der Waals surface area contributed by atoms with Crippen molar-refractivity contribution < 1.29 is 9.72 Å². The van der Waals surface area contributed by atoms with Crippen molar-refractivity contribution in [1.82, 2.24) is 10.2 Å². The van der Waals surface area contributed by atoms with Gasteiger partial charge in [-0.05, 0) is 44.0 Å². The first kappa shape index (κ1) is 18.2. The fourth-order valence-corrected chi connectivity index (χ4v) is 4.15. The van der Waals surface area contributed by atoms with Crippen LogP contribution in [0.15, 0.2) is 36.4 Å². The van der Waals surface area contributed by atoms with Crippen LogP contribution in [0.25, 0.3) is 10.6 Å². The van der Waals surface area contributed by atoms with Crippen LogP contribution < -0.4 is 10.2 Å². The van der Waals surface area contributed by atoms with E-state index in [1.54, 1.807) is 29.5 Å². The Labute approximate surface area is 165 Å². The lowest BCUT2D eigenvalue weighted by Crippen LogP contribution is -2.19. The Morgan fingerprint density at radius 2 is 2.04 bits per heavy atom. The van der Waals surface area contributed by atoms with Crippen LogP contribution in [0.1, 0.15) is 28.1 Å². The van der Waals surface area contributed by atoms with E-state index < -0.39 is 10.8 Å². The molecule has 3 heterocycles. The van der Waals surface area contributed by atoms with Gasteiger partial charge in [-0.25, -0.2) is 0 Å². The zero-order valence-corrected chi connectivity index (χ0v) is 16.1. The Bertz CT molecular complexity index is 1040. The Kier molecular flexibility index (Phi) is 4.82. The number of nitrogens with zero attached hydrogens (tertiary/aromatic N) is 3. The summed E-state index contributed by atoms with van der Waals surface area (Å²) in [6.07, 6.45) is 2.04. The summed E-state index contributed by atoms with van der Waals surface area (Å²) in [5.41, 5.74) is 1.55. The number of hydrogen-bond acceptors (Lipinski definition) is 6. The van der Waals surface area contributed by atoms with E-state index in [4.69, 9.17) is 0 Å². The Hall–Kier alpha value is -3.20. The lowest BCUT2D eigenvalue weighted by atomic mass is 10.1. The van der Waals surface area contributed by atoms with Crippen molar-refractivity contribution in [2.45, 2.75) is 19.8 Å². The minimum atomic E-state index is -0.434. The number of hydrogen-bond donors (Lipinski definition) is 2. The average molecular weight is 397 g/mol. The van der Waals surface area contributed by atoms with E-state index in [1.165, 1.54) is 10.9 Å². The van der Waals surface area contributed by atoms with Crippen LogP contribution in [0.4, 0.5) is 17.2 Å². The summed E-state index contributed by atoms with van der Waals surface area (Å²) >= 11 is 1.62. The minimum Gasteiger partial charge on any atom is -0.366 e. The first-order chi connectivity index (χ1) is 13.5. The summed E-state index contributed by atoms with van der Waals surface area (Å²) in [6.45, 7) is 3.61. The molecule has 28 heavy (non-hydrogen) atoms. The quantitative estimate of drug-likeness (QED) is 0.496. The van der Waals surface area contributed by atoms with E-state index in [0.29, 0.717) is 11.5 Å². The Morgan fingerprint density at radius 3 is 2.71 bits per heavy atom. The first-order valence-electron chi connectivity index (χ1n) is 8.98. The molecule has 0 atom stereocenters. The molecule has 9 heteroatoms. The Morgan fingerprint density at radius 1 is 1.25 bits per heavy atom. The summed E-state index contributed by atoms with van der Waals surface area (Å²) in [4.78, 5) is 27.8. The SMILES string of the molecule is Cc1ccc(-c2cc(NC(=O)c3ccc(N4CCCC4)c([N+](=O)[O-])c3)n[nH]2)s1. The van der Waals surface area contributed by atoms with Gasteiger partial charge in [0, 0.05) is 35.7 Å². The second-order valence-electron chi connectivity index (χ2n) is 6.69. The molecule has 0 saturated carbocycles. The second-order valence-corrected chi connectivity index (χ2v) is 7.97. The maximum Gasteiger partial charge on any atom is 0.293 e. The molecule has 144 valence electrons. The molecule has 0 unspecified atom stereocenters. The van der Waals surface area contributed by atoms with Gasteiger partial charge in [-0.2, -0.15) is 5.10 Å². The van der Waals surface area contributed by atoms with Crippen molar-refractivity contribution in [3.05, 3.63) is 57.0 Å². The third-order valence-corrected chi connectivity index (χ3v) is 5.74.